The van der Waals surface area contributed by atoms with Gasteiger partial charge in [-0.1, -0.05) is 18.2 Å². The van der Waals surface area contributed by atoms with Crippen molar-refractivity contribution >= 4 is 17.5 Å². The van der Waals surface area contributed by atoms with Gasteiger partial charge in [-0.05, 0) is 38.8 Å². The summed E-state index contributed by atoms with van der Waals surface area (Å²) in [6.07, 6.45) is 1.51. The number of nitrogens with zero attached hydrogens (tertiary/aromatic N) is 1. The first-order chi connectivity index (χ1) is 9.39. The van der Waals surface area contributed by atoms with Crippen LogP contribution in [0.15, 0.2) is 30.3 Å². The lowest BCUT2D eigenvalue weighted by molar-refractivity contribution is -0.130. The van der Waals surface area contributed by atoms with Crippen LogP contribution < -0.4 is 16.0 Å². The van der Waals surface area contributed by atoms with Crippen LogP contribution >= 0.6 is 0 Å². The number of para-hydroxylation sites is 1. The zero-order valence-electron chi connectivity index (χ0n) is 11.9. The predicted octanol–water partition coefficient (Wildman–Crippen LogP) is 1.04. The van der Waals surface area contributed by atoms with E-state index in [2.05, 4.69) is 5.32 Å². The van der Waals surface area contributed by atoms with Crippen LogP contribution in [-0.2, 0) is 9.59 Å². The van der Waals surface area contributed by atoms with E-state index in [4.69, 9.17) is 5.73 Å². The summed E-state index contributed by atoms with van der Waals surface area (Å²) in [5.41, 5.74) is 5.64. The smallest absolute Gasteiger partial charge is 0.249 e. The first-order valence-electron chi connectivity index (χ1n) is 6.86. The molecule has 1 aliphatic heterocycles. The van der Waals surface area contributed by atoms with Gasteiger partial charge in [-0.2, -0.15) is 0 Å². The van der Waals surface area contributed by atoms with Crippen LogP contribution in [0.1, 0.15) is 26.7 Å². The fourth-order valence-electron chi connectivity index (χ4n) is 2.22. The molecular formula is C15H21N3O2. The van der Waals surface area contributed by atoms with Crippen molar-refractivity contribution in [2.45, 2.75) is 38.3 Å². The third-order valence-electron chi connectivity index (χ3n) is 3.40. The SMILES string of the molecule is CC(C)(N)C(=O)NC1CCCN(c2ccccc2)C1=O. The summed E-state index contributed by atoms with van der Waals surface area (Å²) in [4.78, 5) is 26.1. The molecule has 1 saturated heterocycles. The first kappa shape index (κ1) is 14.5. The Bertz CT molecular complexity index is 494. The van der Waals surface area contributed by atoms with Gasteiger partial charge in [-0.3, -0.25) is 9.59 Å². The van der Waals surface area contributed by atoms with Gasteiger partial charge in [0.1, 0.15) is 6.04 Å². The predicted molar refractivity (Wildman–Crippen MR) is 78.2 cm³/mol. The zero-order chi connectivity index (χ0) is 14.8. The second-order valence-electron chi connectivity index (χ2n) is 5.72. The van der Waals surface area contributed by atoms with Gasteiger partial charge in [0.2, 0.25) is 11.8 Å². The molecule has 5 heteroatoms. The highest BCUT2D eigenvalue weighted by atomic mass is 16.2. The molecule has 108 valence electrons. The number of rotatable bonds is 3. The van der Waals surface area contributed by atoms with Crippen molar-refractivity contribution in [2.24, 2.45) is 5.73 Å². The molecule has 0 saturated carbocycles. The monoisotopic (exact) mass is 275 g/mol. The molecule has 1 aliphatic rings. The van der Waals surface area contributed by atoms with Crippen molar-refractivity contribution in [3.8, 4) is 0 Å². The number of hydrogen-bond donors (Lipinski definition) is 2. The van der Waals surface area contributed by atoms with Gasteiger partial charge < -0.3 is 16.0 Å². The van der Waals surface area contributed by atoms with Gasteiger partial charge >= 0.3 is 0 Å². The number of piperidine rings is 1. The van der Waals surface area contributed by atoms with Crippen LogP contribution in [-0.4, -0.2) is 29.9 Å². The Labute approximate surface area is 119 Å². The molecule has 0 bridgehead atoms. The third-order valence-corrected chi connectivity index (χ3v) is 3.40. The molecule has 2 rings (SSSR count). The minimum Gasteiger partial charge on any atom is -0.343 e. The second-order valence-corrected chi connectivity index (χ2v) is 5.72. The number of nitrogens with two attached hydrogens (primary N) is 1. The lowest BCUT2D eigenvalue weighted by Gasteiger charge is -2.33. The van der Waals surface area contributed by atoms with E-state index < -0.39 is 11.6 Å². The van der Waals surface area contributed by atoms with Gasteiger partial charge in [0.05, 0.1) is 5.54 Å². The topological polar surface area (TPSA) is 75.4 Å². The summed E-state index contributed by atoms with van der Waals surface area (Å²) in [7, 11) is 0. The average molecular weight is 275 g/mol. The minimum atomic E-state index is -0.977. The fourth-order valence-corrected chi connectivity index (χ4v) is 2.22. The number of nitrogens with one attached hydrogen (secondary N) is 1. The molecule has 1 aromatic rings. The Morgan fingerprint density at radius 2 is 2.00 bits per heavy atom. The number of amides is 2. The van der Waals surface area contributed by atoms with E-state index in [9.17, 15) is 9.59 Å². The zero-order valence-corrected chi connectivity index (χ0v) is 11.9. The Hall–Kier alpha value is -1.88. The second kappa shape index (κ2) is 5.63. The van der Waals surface area contributed by atoms with Gasteiger partial charge in [-0.25, -0.2) is 0 Å². The van der Waals surface area contributed by atoms with E-state index >= 15 is 0 Å². The van der Waals surface area contributed by atoms with Crippen LogP contribution in [0, 0.1) is 0 Å². The highest BCUT2D eigenvalue weighted by molar-refractivity contribution is 6.00. The number of anilines is 1. The number of hydrogen-bond acceptors (Lipinski definition) is 3. The molecule has 1 unspecified atom stereocenters. The van der Waals surface area contributed by atoms with E-state index in [1.165, 1.54) is 0 Å². The van der Waals surface area contributed by atoms with Gasteiger partial charge in [-0.15, -0.1) is 0 Å². The van der Waals surface area contributed by atoms with E-state index in [0.29, 0.717) is 13.0 Å². The van der Waals surface area contributed by atoms with Crippen molar-refractivity contribution in [2.75, 3.05) is 11.4 Å². The summed E-state index contributed by atoms with van der Waals surface area (Å²) >= 11 is 0. The van der Waals surface area contributed by atoms with Crippen LogP contribution in [0.2, 0.25) is 0 Å². The van der Waals surface area contributed by atoms with Gasteiger partial charge in [0, 0.05) is 12.2 Å². The normalized spacial score (nSPS) is 19.9. The van der Waals surface area contributed by atoms with Crippen LogP contribution in [0.25, 0.3) is 0 Å². The van der Waals surface area contributed by atoms with Crippen LogP contribution in [0.4, 0.5) is 5.69 Å². The Kier molecular flexibility index (Phi) is 4.09. The molecular weight excluding hydrogens is 254 g/mol. The van der Waals surface area contributed by atoms with Crippen molar-refractivity contribution in [1.29, 1.82) is 0 Å². The molecule has 0 radical (unpaired) electrons. The summed E-state index contributed by atoms with van der Waals surface area (Å²) in [5, 5.41) is 2.75. The molecule has 0 spiro atoms. The summed E-state index contributed by atoms with van der Waals surface area (Å²) < 4.78 is 0. The Balaban J connectivity index is 2.10. The molecule has 1 heterocycles. The lowest BCUT2D eigenvalue weighted by atomic mass is 10.0. The minimum absolute atomic E-state index is 0.0694. The molecule has 5 nitrogen and oxygen atoms in total. The molecule has 1 fully saturated rings. The van der Waals surface area contributed by atoms with E-state index in [0.717, 1.165) is 12.1 Å². The maximum absolute atomic E-state index is 12.5. The molecule has 20 heavy (non-hydrogen) atoms. The summed E-state index contributed by atoms with van der Waals surface area (Å²) in [5.74, 6) is -0.370. The molecule has 3 N–H and O–H groups in total. The van der Waals surface area contributed by atoms with E-state index in [-0.39, 0.29) is 11.8 Å². The Morgan fingerprint density at radius 3 is 2.60 bits per heavy atom. The highest BCUT2D eigenvalue weighted by Crippen LogP contribution is 2.20. The summed E-state index contributed by atoms with van der Waals surface area (Å²) in [6, 6.07) is 9.01. The van der Waals surface area contributed by atoms with Crippen LogP contribution in [0.3, 0.4) is 0 Å². The average Bonchev–Trinajstić information content (AvgIpc) is 2.41. The van der Waals surface area contributed by atoms with Crippen molar-refractivity contribution < 1.29 is 9.59 Å². The quantitative estimate of drug-likeness (QED) is 0.865. The number of benzene rings is 1. The molecule has 0 aromatic heterocycles. The van der Waals surface area contributed by atoms with Crippen molar-refractivity contribution in [3.63, 3.8) is 0 Å². The van der Waals surface area contributed by atoms with Gasteiger partial charge in [0.15, 0.2) is 0 Å². The van der Waals surface area contributed by atoms with Crippen LogP contribution in [0.5, 0.6) is 0 Å². The van der Waals surface area contributed by atoms with Gasteiger partial charge in [0.25, 0.3) is 0 Å². The molecule has 2 amide bonds. The van der Waals surface area contributed by atoms with E-state index in [1.54, 1.807) is 18.7 Å². The first-order valence-corrected chi connectivity index (χ1v) is 6.86. The standard InChI is InChI=1S/C15H21N3O2/c1-15(2,16)14(20)17-12-9-6-10-18(13(12)19)11-7-4-3-5-8-11/h3-5,7-8,12H,6,9-10,16H2,1-2H3,(H,17,20). The third kappa shape index (κ3) is 3.17. The largest absolute Gasteiger partial charge is 0.343 e. The number of carbonyl (C=O) groups is 2. The molecule has 1 atom stereocenters. The maximum atomic E-state index is 12.5. The highest BCUT2D eigenvalue weighted by Gasteiger charge is 2.33. The Morgan fingerprint density at radius 1 is 1.35 bits per heavy atom. The molecule has 0 aliphatic carbocycles. The van der Waals surface area contributed by atoms with E-state index in [1.807, 2.05) is 30.3 Å². The lowest BCUT2D eigenvalue weighted by Crippen LogP contribution is -2.58. The maximum Gasteiger partial charge on any atom is 0.249 e. The van der Waals surface area contributed by atoms with Crippen molar-refractivity contribution in [3.05, 3.63) is 30.3 Å². The molecule has 1 aromatic carbocycles. The number of carbonyl (C=O) groups excluding carboxylic acids is 2. The van der Waals surface area contributed by atoms with Crippen molar-refractivity contribution in [1.82, 2.24) is 5.32 Å². The fraction of sp³-hybridized carbons (Fsp3) is 0.467. The summed E-state index contributed by atoms with van der Waals surface area (Å²) in [6.45, 7) is 3.94.